The van der Waals surface area contributed by atoms with Crippen molar-refractivity contribution in [2.75, 3.05) is 5.75 Å². The van der Waals surface area contributed by atoms with Gasteiger partial charge in [-0.05, 0) is 77.3 Å². The van der Waals surface area contributed by atoms with E-state index >= 15 is 0 Å². The van der Waals surface area contributed by atoms with Crippen molar-refractivity contribution in [3.05, 3.63) is 102 Å². The number of nitrogens with one attached hydrogen (secondary N) is 4. The molecule has 0 aliphatic carbocycles. The Morgan fingerprint density at radius 3 is 2.21 bits per heavy atom. The minimum absolute atomic E-state index is 0.197. The predicted molar refractivity (Wildman–Crippen MR) is 188 cm³/mol. The highest BCUT2D eigenvalue weighted by Gasteiger charge is 2.30. The lowest BCUT2D eigenvalue weighted by Crippen LogP contribution is -2.54. The van der Waals surface area contributed by atoms with Crippen LogP contribution >= 0.6 is 11.8 Å². The number of rotatable bonds is 12. The molecule has 1 aromatic heterocycles. The average molecular weight is 659 g/mol. The van der Waals surface area contributed by atoms with Gasteiger partial charge in [0.15, 0.2) is 0 Å². The number of para-hydroxylation sites is 1. The molecule has 0 bridgehead atoms. The number of ether oxygens (including phenoxy) is 1. The minimum atomic E-state index is -0.988. The van der Waals surface area contributed by atoms with E-state index < -0.39 is 41.3 Å². The van der Waals surface area contributed by atoms with Gasteiger partial charge in [0, 0.05) is 39.7 Å². The van der Waals surface area contributed by atoms with Gasteiger partial charge >= 0.3 is 6.09 Å². The Kier molecular flexibility index (Phi) is 11.8. The number of alkyl carbamates (subject to hydrolysis) is 1. The van der Waals surface area contributed by atoms with E-state index in [1.807, 2.05) is 99.8 Å². The Balaban J connectivity index is 1.56. The number of thioether (sulfide) groups is 1. The summed E-state index contributed by atoms with van der Waals surface area (Å²) >= 11 is 1.35. The highest BCUT2D eigenvalue weighted by atomic mass is 32.2. The molecule has 5 N–H and O–H groups in total. The van der Waals surface area contributed by atoms with Crippen LogP contribution in [-0.2, 0) is 22.4 Å². The summed E-state index contributed by atoms with van der Waals surface area (Å²) in [6, 6.07) is 22.9. The molecule has 4 rings (SSSR count). The number of aliphatic hydroxyl groups excluding tert-OH is 1. The number of amides is 3. The fraction of sp³-hybridized carbons (Fsp3) is 0.378. The fourth-order valence-corrected chi connectivity index (χ4v) is 6.17. The van der Waals surface area contributed by atoms with Gasteiger partial charge in [0.1, 0.15) is 11.6 Å². The molecule has 9 nitrogen and oxygen atoms in total. The zero-order valence-electron chi connectivity index (χ0n) is 27.9. The molecule has 3 aromatic carbocycles. The molecule has 1 heterocycles. The molecule has 3 amide bonds. The van der Waals surface area contributed by atoms with Crippen molar-refractivity contribution in [3.63, 3.8) is 0 Å². The van der Waals surface area contributed by atoms with E-state index in [2.05, 4.69) is 20.9 Å². The number of benzene rings is 3. The SMILES string of the molecule is CC(C)(C)NC(=O)c1ccccc1SC[C@H](O)[C@H](Cc1ccccc1)NC(=O)[C@H](Cc1c[nH]c2ccccc12)NC(=O)OC(C)(C)C. The summed E-state index contributed by atoms with van der Waals surface area (Å²) in [6.45, 7) is 11.0. The number of hydrogen-bond donors (Lipinski definition) is 5. The van der Waals surface area contributed by atoms with Gasteiger partial charge < -0.3 is 30.8 Å². The van der Waals surface area contributed by atoms with Gasteiger partial charge in [-0.25, -0.2) is 4.79 Å². The van der Waals surface area contributed by atoms with E-state index in [1.165, 1.54) is 11.8 Å². The molecule has 0 aliphatic rings. The Morgan fingerprint density at radius 1 is 0.851 bits per heavy atom. The van der Waals surface area contributed by atoms with Crippen molar-refractivity contribution in [3.8, 4) is 0 Å². The van der Waals surface area contributed by atoms with Crippen molar-refractivity contribution in [1.29, 1.82) is 0 Å². The zero-order chi connectivity index (χ0) is 34.2. The Hall–Kier alpha value is -4.28. The quantitative estimate of drug-likeness (QED) is 0.118. The molecule has 0 saturated carbocycles. The summed E-state index contributed by atoms with van der Waals surface area (Å²) in [5.74, 6) is -0.432. The van der Waals surface area contributed by atoms with Crippen molar-refractivity contribution >= 4 is 40.6 Å². The highest BCUT2D eigenvalue weighted by Crippen LogP contribution is 2.26. The predicted octanol–water partition coefficient (Wildman–Crippen LogP) is 6.01. The van der Waals surface area contributed by atoms with Crippen LogP contribution in [0.3, 0.4) is 0 Å². The number of aromatic nitrogens is 1. The first-order valence-electron chi connectivity index (χ1n) is 15.8. The van der Waals surface area contributed by atoms with Crippen molar-refractivity contribution in [2.45, 2.75) is 88.6 Å². The number of carbonyl (C=O) groups is 3. The lowest BCUT2D eigenvalue weighted by atomic mass is 10.00. The molecule has 4 aromatic rings. The van der Waals surface area contributed by atoms with E-state index in [0.717, 1.165) is 26.9 Å². The molecule has 0 unspecified atom stereocenters. The van der Waals surface area contributed by atoms with Crippen molar-refractivity contribution in [1.82, 2.24) is 20.9 Å². The van der Waals surface area contributed by atoms with Gasteiger partial charge in [-0.1, -0.05) is 60.7 Å². The molecule has 10 heteroatoms. The van der Waals surface area contributed by atoms with Crippen LogP contribution in [-0.4, -0.2) is 63.1 Å². The summed E-state index contributed by atoms with van der Waals surface area (Å²) in [4.78, 5) is 43.9. The molecule has 3 atom stereocenters. The number of carbonyl (C=O) groups excluding carboxylic acids is 3. The molecule has 0 radical (unpaired) electrons. The lowest BCUT2D eigenvalue weighted by molar-refractivity contribution is -0.124. The summed E-state index contributed by atoms with van der Waals surface area (Å²) in [5.41, 5.74) is 2.07. The van der Waals surface area contributed by atoms with Crippen LogP contribution in [0.1, 0.15) is 63.0 Å². The number of aliphatic hydroxyl groups is 1. The highest BCUT2D eigenvalue weighted by molar-refractivity contribution is 7.99. The average Bonchev–Trinajstić information content (AvgIpc) is 3.40. The van der Waals surface area contributed by atoms with Crippen LogP contribution in [0, 0.1) is 0 Å². The fourth-order valence-electron chi connectivity index (χ4n) is 5.09. The van der Waals surface area contributed by atoms with Crippen LogP contribution in [0.25, 0.3) is 10.9 Å². The normalized spacial score (nSPS) is 13.8. The minimum Gasteiger partial charge on any atom is -0.444 e. The lowest BCUT2D eigenvalue weighted by Gasteiger charge is -2.28. The molecule has 0 aliphatic heterocycles. The largest absolute Gasteiger partial charge is 0.444 e. The molecule has 0 saturated heterocycles. The van der Waals surface area contributed by atoms with Gasteiger partial charge in [0.05, 0.1) is 17.7 Å². The van der Waals surface area contributed by atoms with Gasteiger partial charge in [-0.2, -0.15) is 0 Å². The molecular formula is C37H46N4O5S. The summed E-state index contributed by atoms with van der Waals surface area (Å²) in [7, 11) is 0. The van der Waals surface area contributed by atoms with E-state index in [-0.39, 0.29) is 18.1 Å². The number of fused-ring (bicyclic) bond motifs is 1. The maximum Gasteiger partial charge on any atom is 0.408 e. The molecular weight excluding hydrogens is 612 g/mol. The van der Waals surface area contributed by atoms with Crippen LogP contribution < -0.4 is 16.0 Å². The standard InChI is InChI=1S/C37H46N4O5S/c1-36(2,3)41-33(43)27-17-11-13-19-32(27)47-23-31(42)29(20-24-14-8-7-9-15-24)39-34(44)30(40-35(45)46-37(4,5)6)21-25-22-38-28-18-12-10-16-26(25)28/h7-19,22,29-31,38,42H,20-21,23H2,1-6H3,(H,39,44)(H,40,45)(H,41,43)/t29-,30-,31-/m0/s1. The first-order chi connectivity index (χ1) is 22.2. The summed E-state index contributed by atoms with van der Waals surface area (Å²) < 4.78 is 5.50. The zero-order valence-corrected chi connectivity index (χ0v) is 28.7. The number of hydrogen-bond acceptors (Lipinski definition) is 6. The first-order valence-corrected chi connectivity index (χ1v) is 16.8. The van der Waals surface area contributed by atoms with Gasteiger partial charge in [-0.15, -0.1) is 11.8 Å². The van der Waals surface area contributed by atoms with Gasteiger partial charge in [-0.3, -0.25) is 9.59 Å². The van der Waals surface area contributed by atoms with Crippen molar-refractivity contribution < 1.29 is 24.2 Å². The third-order valence-electron chi connectivity index (χ3n) is 7.23. The maximum absolute atomic E-state index is 14.0. The number of H-pyrrole nitrogens is 1. The Morgan fingerprint density at radius 2 is 1.51 bits per heavy atom. The van der Waals surface area contributed by atoms with E-state index in [9.17, 15) is 19.5 Å². The van der Waals surface area contributed by atoms with Crippen LogP contribution in [0.15, 0.2) is 90.0 Å². The first kappa shape index (κ1) is 35.6. The third-order valence-corrected chi connectivity index (χ3v) is 8.40. The maximum atomic E-state index is 14.0. The third kappa shape index (κ3) is 10.9. The molecule has 0 spiro atoms. The Labute approximate surface area is 281 Å². The number of aromatic amines is 1. The van der Waals surface area contributed by atoms with Crippen LogP contribution in [0.2, 0.25) is 0 Å². The van der Waals surface area contributed by atoms with E-state index in [0.29, 0.717) is 12.0 Å². The summed E-state index contributed by atoms with van der Waals surface area (Å²) in [5, 5.41) is 21.3. The van der Waals surface area contributed by atoms with E-state index in [1.54, 1.807) is 26.8 Å². The van der Waals surface area contributed by atoms with E-state index in [4.69, 9.17) is 4.74 Å². The smallest absolute Gasteiger partial charge is 0.408 e. The summed E-state index contributed by atoms with van der Waals surface area (Å²) in [6.07, 6.45) is 0.694. The molecule has 0 fully saturated rings. The topological polar surface area (TPSA) is 133 Å². The molecule has 47 heavy (non-hydrogen) atoms. The van der Waals surface area contributed by atoms with Crippen LogP contribution in [0.4, 0.5) is 4.79 Å². The Bertz CT molecular complexity index is 1660. The van der Waals surface area contributed by atoms with Crippen LogP contribution in [0.5, 0.6) is 0 Å². The molecule has 250 valence electrons. The van der Waals surface area contributed by atoms with Gasteiger partial charge in [0.2, 0.25) is 5.91 Å². The second kappa shape index (κ2) is 15.5. The monoisotopic (exact) mass is 658 g/mol. The van der Waals surface area contributed by atoms with Gasteiger partial charge in [0.25, 0.3) is 5.91 Å². The second-order valence-electron chi connectivity index (χ2n) is 13.6. The second-order valence-corrected chi connectivity index (χ2v) is 14.7. The van der Waals surface area contributed by atoms with Crippen molar-refractivity contribution in [2.24, 2.45) is 0 Å².